The first-order valence-electron chi connectivity index (χ1n) is 5.86. The Hall–Kier alpha value is -1.13. The third-order valence-electron chi connectivity index (χ3n) is 2.65. The molecule has 0 radical (unpaired) electrons. The molecule has 0 fully saturated rings. The zero-order valence-corrected chi connectivity index (χ0v) is 12.3. The zero-order valence-electron chi connectivity index (χ0n) is 10.7. The Bertz CT molecular complexity index is 537. The van der Waals surface area contributed by atoms with Gasteiger partial charge >= 0.3 is 0 Å². The highest BCUT2D eigenvalue weighted by Crippen LogP contribution is 2.19. The Morgan fingerprint density at radius 3 is 2.72 bits per heavy atom. The van der Waals surface area contributed by atoms with E-state index in [0.29, 0.717) is 5.15 Å². The van der Waals surface area contributed by atoms with Crippen LogP contribution in [0.2, 0.25) is 5.15 Å². The fraction of sp³-hybridized carbons (Fsp3) is 0.385. The van der Waals surface area contributed by atoms with Gasteiger partial charge in [0, 0.05) is 18.5 Å². The smallest absolute Gasteiger partial charge is 0.135 e. The van der Waals surface area contributed by atoms with Crippen LogP contribution in [0.5, 0.6) is 0 Å². The third-order valence-corrected chi connectivity index (χ3v) is 3.75. The average Bonchev–Trinajstić information content (AvgIpc) is 2.71. The van der Waals surface area contributed by atoms with E-state index in [1.54, 1.807) is 17.4 Å². The van der Waals surface area contributed by atoms with Crippen molar-refractivity contribution in [1.82, 2.24) is 9.97 Å². The van der Waals surface area contributed by atoms with Crippen LogP contribution in [-0.4, -0.2) is 9.97 Å². The van der Waals surface area contributed by atoms with E-state index in [-0.39, 0.29) is 5.92 Å². The highest BCUT2D eigenvalue weighted by molar-refractivity contribution is 7.08. The van der Waals surface area contributed by atoms with Crippen LogP contribution in [0.15, 0.2) is 16.8 Å². The normalized spacial score (nSPS) is 10.9. The molecule has 0 aliphatic rings. The first-order valence-corrected chi connectivity index (χ1v) is 7.18. The minimum Gasteiger partial charge on any atom is -0.366 e. The van der Waals surface area contributed by atoms with Crippen molar-refractivity contribution >= 4 is 28.8 Å². The van der Waals surface area contributed by atoms with E-state index >= 15 is 0 Å². The first kappa shape index (κ1) is 13.3. The molecule has 5 heteroatoms. The summed E-state index contributed by atoms with van der Waals surface area (Å²) in [5, 5.41) is 8.07. The van der Waals surface area contributed by atoms with Crippen LogP contribution in [0, 0.1) is 6.92 Å². The van der Waals surface area contributed by atoms with E-state index in [0.717, 1.165) is 18.2 Å². The summed E-state index contributed by atoms with van der Waals surface area (Å²) in [6.07, 6.45) is 0. The Morgan fingerprint density at radius 1 is 1.33 bits per heavy atom. The van der Waals surface area contributed by atoms with Gasteiger partial charge < -0.3 is 5.32 Å². The number of aromatic nitrogens is 2. The fourth-order valence-electron chi connectivity index (χ4n) is 1.54. The molecule has 0 unspecified atom stereocenters. The van der Waals surface area contributed by atoms with E-state index in [9.17, 15) is 0 Å². The van der Waals surface area contributed by atoms with Crippen molar-refractivity contribution in [3.63, 3.8) is 0 Å². The Labute approximate surface area is 116 Å². The van der Waals surface area contributed by atoms with E-state index in [2.05, 4.69) is 46.8 Å². The topological polar surface area (TPSA) is 37.8 Å². The lowest BCUT2D eigenvalue weighted by molar-refractivity contribution is 0.774. The van der Waals surface area contributed by atoms with Crippen LogP contribution in [0.25, 0.3) is 0 Å². The number of rotatable bonds is 4. The molecule has 0 atom stereocenters. The number of anilines is 1. The average molecular weight is 282 g/mol. The summed E-state index contributed by atoms with van der Waals surface area (Å²) in [6, 6.07) is 1.76. The Balaban J connectivity index is 2.12. The van der Waals surface area contributed by atoms with Crippen molar-refractivity contribution in [3.05, 3.63) is 38.9 Å². The van der Waals surface area contributed by atoms with Crippen LogP contribution < -0.4 is 5.32 Å². The molecule has 3 nitrogen and oxygen atoms in total. The monoisotopic (exact) mass is 281 g/mol. The predicted octanol–water partition coefficient (Wildman–Crippen LogP) is 4.24. The summed E-state index contributed by atoms with van der Waals surface area (Å²) < 4.78 is 0. The number of thiophene rings is 1. The Kier molecular flexibility index (Phi) is 4.19. The maximum absolute atomic E-state index is 6.00. The maximum Gasteiger partial charge on any atom is 0.135 e. The van der Waals surface area contributed by atoms with Gasteiger partial charge in [-0.15, -0.1) is 0 Å². The van der Waals surface area contributed by atoms with Crippen molar-refractivity contribution in [1.29, 1.82) is 0 Å². The van der Waals surface area contributed by atoms with Gasteiger partial charge in [0.25, 0.3) is 0 Å². The maximum atomic E-state index is 6.00. The molecule has 0 aliphatic carbocycles. The molecule has 96 valence electrons. The second-order valence-electron chi connectivity index (χ2n) is 4.52. The van der Waals surface area contributed by atoms with Gasteiger partial charge in [0.2, 0.25) is 0 Å². The summed E-state index contributed by atoms with van der Waals surface area (Å²) >= 11 is 7.71. The molecule has 0 spiro atoms. The van der Waals surface area contributed by atoms with Crippen LogP contribution in [0.3, 0.4) is 0 Å². The molecule has 2 aromatic rings. The lowest BCUT2D eigenvalue weighted by Gasteiger charge is -2.09. The summed E-state index contributed by atoms with van der Waals surface area (Å²) in [7, 11) is 0. The van der Waals surface area contributed by atoms with Gasteiger partial charge in [-0.05, 0) is 28.8 Å². The van der Waals surface area contributed by atoms with Gasteiger partial charge in [-0.2, -0.15) is 11.3 Å². The van der Waals surface area contributed by atoms with Crippen LogP contribution in [0.1, 0.15) is 36.7 Å². The second-order valence-corrected chi connectivity index (χ2v) is 5.65. The summed E-state index contributed by atoms with van der Waals surface area (Å²) in [6.45, 7) is 6.98. The number of aryl methyl sites for hydroxylation is 1. The summed E-state index contributed by atoms with van der Waals surface area (Å²) in [5.74, 6) is 1.82. The van der Waals surface area contributed by atoms with E-state index in [4.69, 9.17) is 11.6 Å². The molecule has 0 bridgehead atoms. The molecular weight excluding hydrogens is 266 g/mol. The predicted molar refractivity (Wildman–Crippen MR) is 77.5 cm³/mol. The standard InChI is InChI=1S/C13H16ClN3S/c1-8(2)13-16-11(14)4-12(17-13)15-5-10-7-18-6-9(10)3/h4,6-8H,5H2,1-3H3,(H,15,16,17). The SMILES string of the molecule is Cc1cscc1CNc1cc(Cl)nc(C(C)C)n1. The lowest BCUT2D eigenvalue weighted by Crippen LogP contribution is -2.05. The molecule has 2 aromatic heterocycles. The van der Waals surface area contributed by atoms with Crippen molar-refractivity contribution in [3.8, 4) is 0 Å². The number of halogens is 1. The molecule has 0 saturated carbocycles. The minimum absolute atomic E-state index is 0.270. The molecule has 2 heterocycles. The number of nitrogens with zero attached hydrogens (tertiary/aromatic N) is 2. The van der Waals surface area contributed by atoms with Crippen LogP contribution in [-0.2, 0) is 6.54 Å². The Morgan fingerprint density at radius 2 is 2.11 bits per heavy atom. The van der Waals surface area contributed by atoms with Gasteiger partial charge in [0.15, 0.2) is 0 Å². The summed E-state index contributed by atoms with van der Waals surface area (Å²) in [5.41, 5.74) is 2.59. The number of hydrogen-bond acceptors (Lipinski definition) is 4. The highest BCUT2D eigenvalue weighted by atomic mass is 35.5. The molecule has 0 amide bonds. The highest BCUT2D eigenvalue weighted by Gasteiger charge is 2.07. The van der Waals surface area contributed by atoms with Gasteiger partial charge in [-0.1, -0.05) is 25.4 Å². The lowest BCUT2D eigenvalue weighted by atomic mass is 10.2. The molecule has 0 aliphatic heterocycles. The molecule has 1 N–H and O–H groups in total. The van der Waals surface area contributed by atoms with Gasteiger partial charge in [-0.3, -0.25) is 0 Å². The van der Waals surface area contributed by atoms with Crippen molar-refractivity contribution in [2.24, 2.45) is 0 Å². The van der Waals surface area contributed by atoms with Gasteiger partial charge in [-0.25, -0.2) is 9.97 Å². The third kappa shape index (κ3) is 3.21. The van der Waals surface area contributed by atoms with Crippen molar-refractivity contribution in [2.75, 3.05) is 5.32 Å². The van der Waals surface area contributed by atoms with Crippen LogP contribution >= 0.6 is 22.9 Å². The number of nitrogens with one attached hydrogen (secondary N) is 1. The summed E-state index contributed by atoms with van der Waals surface area (Å²) in [4.78, 5) is 8.67. The zero-order chi connectivity index (χ0) is 13.1. The first-order chi connectivity index (χ1) is 8.56. The largest absolute Gasteiger partial charge is 0.366 e. The van der Waals surface area contributed by atoms with E-state index in [1.165, 1.54) is 11.1 Å². The van der Waals surface area contributed by atoms with Gasteiger partial charge in [0.1, 0.15) is 16.8 Å². The molecule has 2 rings (SSSR count). The van der Waals surface area contributed by atoms with Crippen molar-refractivity contribution in [2.45, 2.75) is 33.2 Å². The molecule has 0 aromatic carbocycles. The minimum atomic E-state index is 0.270. The van der Waals surface area contributed by atoms with Crippen molar-refractivity contribution < 1.29 is 0 Å². The number of hydrogen-bond donors (Lipinski definition) is 1. The van der Waals surface area contributed by atoms with E-state index < -0.39 is 0 Å². The van der Waals surface area contributed by atoms with Gasteiger partial charge in [0.05, 0.1) is 0 Å². The second kappa shape index (κ2) is 5.67. The fourth-order valence-corrected chi connectivity index (χ4v) is 2.58. The quantitative estimate of drug-likeness (QED) is 0.852. The van der Waals surface area contributed by atoms with E-state index in [1.807, 2.05) is 0 Å². The molecule has 0 saturated heterocycles. The van der Waals surface area contributed by atoms with Crippen LogP contribution in [0.4, 0.5) is 5.82 Å². The molecule has 18 heavy (non-hydrogen) atoms. The molecular formula is C13H16ClN3S.